The normalized spacial score (nSPS) is 11.3. The molecule has 0 aliphatic rings. The minimum atomic E-state index is -3.95. The van der Waals surface area contributed by atoms with Crippen LogP contribution < -0.4 is 20.1 Å². The van der Waals surface area contributed by atoms with Gasteiger partial charge < -0.3 is 19.9 Å². The molecule has 192 valence electrons. The van der Waals surface area contributed by atoms with Gasteiger partial charge in [-0.05, 0) is 42.2 Å². The van der Waals surface area contributed by atoms with E-state index in [9.17, 15) is 13.2 Å². The van der Waals surface area contributed by atoms with Crippen LogP contribution in [0.15, 0.2) is 58.2 Å². The van der Waals surface area contributed by atoms with Gasteiger partial charge in [0.05, 0.1) is 25.2 Å². The van der Waals surface area contributed by atoms with Crippen molar-refractivity contribution in [3.05, 3.63) is 65.5 Å². The first-order chi connectivity index (χ1) is 17.8. The van der Waals surface area contributed by atoms with E-state index in [1.807, 2.05) is 31.2 Å². The fourth-order valence-electron chi connectivity index (χ4n) is 3.85. The summed E-state index contributed by atoms with van der Waals surface area (Å²) in [7, 11) is -2.54. The van der Waals surface area contributed by atoms with Gasteiger partial charge in [-0.25, -0.2) is 8.42 Å². The Morgan fingerprint density at radius 3 is 2.81 bits per heavy atom. The number of methoxy groups -OCH3 is 1. The third-order valence-electron chi connectivity index (χ3n) is 5.50. The van der Waals surface area contributed by atoms with E-state index < -0.39 is 15.9 Å². The average molecular weight is 523 g/mol. The third-order valence-corrected chi connectivity index (χ3v) is 6.88. The molecule has 0 aliphatic heterocycles. The first-order valence-corrected chi connectivity index (χ1v) is 12.8. The molecule has 11 nitrogen and oxygen atoms in total. The Labute approximate surface area is 214 Å². The van der Waals surface area contributed by atoms with Crippen LogP contribution in [-0.4, -0.2) is 49.5 Å². The molecule has 0 atom stereocenters. The van der Waals surface area contributed by atoms with Gasteiger partial charge in [0.25, 0.3) is 15.9 Å². The number of terminal acetylenes is 1. The number of ether oxygens (including phenoxy) is 1. The molecule has 0 fully saturated rings. The molecule has 0 aliphatic carbocycles. The van der Waals surface area contributed by atoms with Gasteiger partial charge >= 0.3 is 0 Å². The molecule has 2 aromatic heterocycles. The van der Waals surface area contributed by atoms with E-state index in [0.717, 1.165) is 16.7 Å². The van der Waals surface area contributed by atoms with Gasteiger partial charge in [0.2, 0.25) is 0 Å². The predicted octanol–water partition coefficient (Wildman–Crippen LogP) is 2.03. The van der Waals surface area contributed by atoms with Crippen LogP contribution in [-0.2, 0) is 27.9 Å². The molecule has 2 aromatic carbocycles. The quantitative estimate of drug-likeness (QED) is 0.201. The van der Waals surface area contributed by atoms with Crippen LogP contribution in [0.1, 0.15) is 16.7 Å². The molecule has 0 saturated carbocycles. The summed E-state index contributed by atoms with van der Waals surface area (Å²) >= 11 is 0. The molecule has 3 N–H and O–H groups in total. The topological polar surface area (TPSA) is 140 Å². The maximum atomic E-state index is 13.0. The molecular weight excluding hydrogens is 496 g/mol. The molecule has 12 heteroatoms. The summed E-state index contributed by atoms with van der Waals surface area (Å²) in [6.45, 7) is 3.94. The number of rotatable bonds is 11. The van der Waals surface area contributed by atoms with Crippen LogP contribution in [0.4, 0.5) is 5.82 Å². The Balaban J connectivity index is 1.44. The second-order valence-electron chi connectivity index (χ2n) is 8.20. The fraction of sp³-hybridized carbons (Fsp3) is 0.240. The lowest BCUT2D eigenvalue weighted by molar-refractivity contribution is -0.115. The van der Waals surface area contributed by atoms with Gasteiger partial charge in [0.1, 0.15) is 10.6 Å². The van der Waals surface area contributed by atoms with Crippen LogP contribution in [0.5, 0.6) is 5.75 Å². The highest BCUT2D eigenvalue weighted by Crippen LogP contribution is 2.31. The molecule has 4 rings (SSSR count). The van der Waals surface area contributed by atoms with E-state index in [4.69, 9.17) is 15.7 Å². The summed E-state index contributed by atoms with van der Waals surface area (Å²) in [5.41, 5.74) is 3.15. The van der Waals surface area contributed by atoms with Gasteiger partial charge in [0.15, 0.2) is 11.4 Å². The van der Waals surface area contributed by atoms with E-state index in [2.05, 4.69) is 25.6 Å². The molecule has 37 heavy (non-hydrogen) atoms. The van der Waals surface area contributed by atoms with Crippen LogP contribution in [0.3, 0.4) is 0 Å². The number of nitrogens with one attached hydrogen (secondary N) is 3. The molecule has 0 radical (unpaired) electrons. The van der Waals surface area contributed by atoms with Crippen LogP contribution in [0.25, 0.3) is 11.0 Å². The molecule has 2 heterocycles. The van der Waals surface area contributed by atoms with Crippen molar-refractivity contribution in [1.82, 2.24) is 25.6 Å². The number of hydrogen-bond donors (Lipinski definition) is 3. The van der Waals surface area contributed by atoms with Gasteiger partial charge in [-0.2, -0.15) is 5.10 Å². The number of carbonyl (C=O) groups is 1. The predicted molar refractivity (Wildman–Crippen MR) is 137 cm³/mol. The Bertz CT molecular complexity index is 1570. The summed E-state index contributed by atoms with van der Waals surface area (Å²) in [6, 6.07) is 10.1. The van der Waals surface area contributed by atoms with Crippen molar-refractivity contribution in [3.63, 3.8) is 0 Å². The molecule has 0 saturated heterocycles. The van der Waals surface area contributed by atoms with Crippen molar-refractivity contribution >= 4 is 32.7 Å². The smallest absolute Gasteiger partial charge is 0.295 e. The minimum Gasteiger partial charge on any atom is -0.495 e. The molecule has 0 bridgehead atoms. The number of nitrogens with zero attached hydrogens (tertiary/aromatic N) is 3. The Kier molecular flexibility index (Phi) is 7.76. The molecule has 1 amide bonds. The third kappa shape index (κ3) is 6.08. The number of anilines is 1. The largest absolute Gasteiger partial charge is 0.495 e. The lowest BCUT2D eigenvalue weighted by Gasteiger charge is -2.10. The van der Waals surface area contributed by atoms with Crippen molar-refractivity contribution in [2.45, 2.75) is 24.9 Å². The van der Waals surface area contributed by atoms with Crippen molar-refractivity contribution in [1.29, 1.82) is 0 Å². The van der Waals surface area contributed by atoms with Crippen molar-refractivity contribution in [2.24, 2.45) is 0 Å². The zero-order valence-electron chi connectivity index (χ0n) is 20.3. The molecule has 0 unspecified atom stereocenters. The number of aryl methyl sites for hydroxylation is 1. The number of aromatic nitrogens is 3. The van der Waals surface area contributed by atoms with Gasteiger partial charge in [-0.1, -0.05) is 23.4 Å². The molecular formula is C25H26N6O5S. The zero-order chi connectivity index (χ0) is 26.4. The molecule has 4 aromatic rings. The summed E-state index contributed by atoms with van der Waals surface area (Å²) in [4.78, 5) is 11.0. The van der Waals surface area contributed by atoms with Crippen molar-refractivity contribution in [2.75, 3.05) is 24.9 Å². The second-order valence-corrected chi connectivity index (χ2v) is 9.85. The number of para-hydroxylation sites is 1. The summed E-state index contributed by atoms with van der Waals surface area (Å²) in [5.74, 6) is 1.90. The lowest BCUT2D eigenvalue weighted by atomic mass is 10.1. The van der Waals surface area contributed by atoms with E-state index >= 15 is 0 Å². The number of benzene rings is 2. The summed E-state index contributed by atoms with van der Waals surface area (Å²) in [6.07, 6.45) is 8.68. The number of amides is 1. The maximum Gasteiger partial charge on any atom is 0.295 e. The van der Waals surface area contributed by atoms with Crippen LogP contribution in [0.2, 0.25) is 0 Å². The monoisotopic (exact) mass is 522 g/mol. The zero-order valence-corrected chi connectivity index (χ0v) is 21.1. The Hall–Kier alpha value is -4.34. The summed E-state index contributed by atoms with van der Waals surface area (Å²) < 4.78 is 40.9. The highest BCUT2D eigenvalue weighted by atomic mass is 32.2. The van der Waals surface area contributed by atoms with Gasteiger partial charge in [0, 0.05) is 31.4 Å². The minimum absolute atomic E-state index is 0.00391. The van der Waals surface area contributed by atoms with E-state index in [1.165, 1.54) is 13.2 Å². The second kappa shape index (κ2) is 11.2. The number of sulfonamides is 1. The number of carbonyl (C=O) groups excluding carboxylic acids is 1. The first kappa shape index (κ1) is 25.7. The lowest BCUT2D eigenvalue weighted by Crippen LogP contribution is -2.30. The van der Waals surface area contributed by atoms with Crippen molar-refractivity contribution < 1.29 is 22.5 Å². The Morgan fingerprint density at radius 1 is 1.22 bits per heavy atom. The van der Waals surface area contributed by atoms with Crippen molar-refractivity contribution in [3.8, 4) is 18.1 Å². The van der Waals surface area contributed by atoms with Crippen LogP contribution >= 0.6 is 0 Å². The van der Waals surface area contributed by atoms with E-state index in [1.54, 1.807) is 29.1 Å². The molecule has 0 spiro atoms. The highest BCUT2D eigenvalue weighted by Gasteiger charge is 2.23. The Morgan fingerprint density at radius 2 is 2.03 bits per heavy atom. The first-order valence-electron chi connectivity index (χ1n) is 11.3. The highest BCUT2D eigenvalue weighted by molar-refractivity contribution is 7.92. The SMILES string of the molecule is C#CC(=O)NCCNCc1cnn(Cc2cc(C)c3c(NS(=O)(=O)c4ccccc4OC)noc3c2)c1. The number of fused-ring (bicyclic) bond motifs is 1. The van der Waals surface area contributed by atoms with E-state index in [0.29, 0.717) is 37.1 Å². The average Bonchev–Trinajstić information content (AvgIpc) is 3.50. The van der Waals surface area contributed by atoms with Crippen LogP contribution in [0, 0.1) is 19.3 Å². The maximum absolute atomic E-state index is 13.0. The number of hydrogen-bond acceptors (Lipinski definition) is 8. The summed E-state index contributed by atoms with van der Waals surface area (Å²) in [5, 5.41) is 14.7. The standard InChI is InChI=1S/C25H26N6O5S/c1-4-23(32)27-10-9-26-13-19-14-28-31(16-19)15-18-11-17(2)24-21(12-18)36-29-25(24)30-37(33,34)22-8-6-5-7-20(22)35-3/h1,5-8,11-12,14,16,26H,9-10,13,15H2,2-3H3,(H,27,32)(H,29,30). The van der Waals surface area contributed by atoms with Gasteiger partial charge in [-0.3, -0.25) is 14.2 Å². The van der Waals surface area contributed by atoms with E-state index in [-0.39, 0.29) is 16.5 Å². The van der Waals surface area contributed by atoms with Gasteiger partial charge in [-0.15, -0.1) is 6.42 Å². The fourth-order valence-corrected chi connectivity index (χ4v) is 5.02.